The van der Waals surface area contributed by atoms with Crippen LogP contribution in [0, 0.1) is 11.6 Å². The number of hydrogen-bond donors (Lipinski definition) is 1. The molecule has 2 unspecified atom stereocenters. The van der Waals surface area contributed by atoms with Gasteiger partial charge < -0.3 is 5.73 Å². The maximum absolute atomic E-state index is 13.1. The van der Waals surface area contributed by atoms with Gasteiger partial charge >= 0.3 is 0 Å². The van der Waals surface area contributed by atoms with Crippen LogP contribution in [0.25, 0.3) is 0 Å². The Balaban J connectivity index is 2.13. The molecule has 94 valence electrons. The minimum absolute atomic E-state index is 0.143. The van der Waals surface area contributed by atoms with Crippen LogP contribution in [-0.2, 0) is 0 Å². The zero-order valence-corrected chi connectivity index (χ0v) is 9.37. The van der Waals surface area contributed by atoms with E-state index in [1.807, 2.05) is 4.90 Å². The number of hydrogen-bond acceptors (Lipinski definition) is 2. The number of benzene rings is 1. The second-order valence-electron chi connectivity index (χ2n) is 4.35. The van der Waals surface area contributed by atoms with Gasteiger partial charge in [0.1, 0.15) is 11.6 Å². The molecule has 0 aromatic heterocycles. The normalized spacial score (nSPS) is 24.7. The molecular formula is C12H15F3N2. The third-order valence-electron chi connectivity index (χ3n) is 3.05. The van der Waals surface area contributed by atoms with Crippen LogP contribution >= 0.6 is 0 Å². The van der Waals surface area contributed by atoms with Crippen LogP contribution in [0.2, 0.25) is 0 Å². The van der Waals surface area contributed by atoms with Crippen molar-refractivity contribution in [2.24, 2.45) is 5.73 Å². The first-order valence-electron chi connectivity index (χ1n) is 5.63. The van der Waals surface area contributed by atoms with Gasteiger partial charge in [0.15, 0.2) is 0 Å². The molecule has 0 bridgehead atoms. The standard InChI is InChI=1S/C12H15F3N2/c13-2-1-3-17-7-11(16)12(17)8-4-9(14)6-10(15)5-8/h4-6,11-12H,1-3,7,16H2. The van der Waals surface area contributed by atoms with Gasteiger partial charge in [0, 0.05) is 25.2 Å². The summed E-state index contributed by atoms with van der Waals surface area (Å²) in [7, 11) is 0. The summed E-state index contributed by atoms with van der Waals surface area (Å²) >= 11 is 0. The number of nitrogens with two attached hydrogens (primary N) is 1. The van der Waals surface area contributed by atoms with Crippen molar-refractivity contribution in [1.29, 1.82) is 0 Å². The predicted octanol–water partition coefficient (Wildman–Crippen LogP) is 2.01. The van der Waals surface area contributed by atoms with Gasteiger partial charge in [0.25, 0.3) is 0 Å². The maximum Gasteiger partial charge on any atom is 0.126 e. The van der Waals surface area contributed by atoms with Crippen molar-refractivity contribution in [1.82, 2.24) is 4.90 Å². The van der Waals surface area contributed by atoms with Crippen molar-refractivity contribution in [2.75, 3.05) is 19.8 Å². The van der Waals surface area contributed by atoms with Gasteiger partial charge in [-0.1, -0.05) is 0 Å². The number of likely N-dealkylation sites (tertiary alicyclic amines) is 1. The monoisotopic (exact) mass is 244 g/mol. The SMILES string of the molecule is NC1CN(CCCF)C1c1cc(F)cc(F)c1. The predicted molar refractivity (Wildman–Crippen MR) is 59.2 cm³/mol. The molecule has 1 aliphatic heterocycles. The molecule has 0 amide bonds. The van der Waals surface area contributed by atoms with E-state index >= 15 is 0 Å². The van der Waals surface area contributed by atoms with E-state index in [1.165, 1.54) is 12.1 Å². The Morgan fingerprint density at radius 2 is 1.88 bits per heavy atom. The Morgan fingerprint density at radius 1 is 1.24 bits per heavy atom. The molecule has 1 heterocycles. The van der Waals surface area contributed by atoms with Crippen molar-refractivity contribution in [3.8, 4) is 0 Å². The van der Waals surface area contributed by atoms with Crippen molar-refractivity contribution in [3.63, 3.8) is 0 Å². The van der Waals surface area contributed by atoms with Crippen LogP contribution in [0.1, 0.15) is 18.0 Å². The first-order valence-corrected chi connectivity index (χ1v) is 5.63. The van der Waals surface area contributed by atoms with Crippen molar-refractivity contribution in [3.05, 3.63) is 35.4 Å². The second kappa shape index (κ2) is 5.06. The second-order valence-corrected chi connectivity index (χ2v) is 4.35. The Bertz CT molecular complexity index is 377. The average molecular weight is 244 g/mol. The fourth-order valence-electron chi connectivity index (χ4n) is 2.31. The molecule has 17 heavy (non-hydrogen) atoms. The third-order valence-corrected chi connectivity index (χ3v) is 3.05. The lowest BCUT2D eigenvalue weighted by molar-refractivity contribution is 0.0587. The minimum Gasteiger partial charge on any atom is -0.325 e. The molecule has 0 spiro atoms. The Hall–Kier alpha value is -1.07. The first-order chi connectivity index (χ1) is 8.11. The van der Waals surface area contributed by atoms with Gasteiger partial charge in [-0.05, 0) is 24.1 Å². The highest BCUT2D eigenvalue weighted by molar-refractivity contribution is 5.25. The molecule has 1 aromatic rings. The molecule has 2 rings (SSSR count). The van der Waals surface area contributed by atoms with Gasteiger partial charge in [0.05, 0.1) is 12.7 Å². The highest BCUT2D eigenvalue weighted by atomic mass is 19.1. The van der Waals surface area contributed by atoms with E-state index in [9.17, 15) is 13.2 Å². The molecule has 1 aromatic carbocycles. The molecule has 0 saturated carbocycles. The van der Waals surface area contributed by atoms with Crippen molar-refractivity contribution in [2.45, 2.75) is 18.5 Å². The van der Waals surface area contributed by atoms with Gasteiger partial charge in [-0.3, -0.25) is 9.29 Å². The molecule has 1 saturated heterocycles. The number of halogens is 3. The number of rotatable bonds is 4. The molecule has 5 heteroatoms. The van der Waals surface area contributed by atoms with E-state index in [0.29, 0.717) is 25.1 Å². The summed E-state index contributed by atoms with van der Waals surface area (Å²) in [5.41, 5.74) is 6.36. The molecule has 2 nitrogen and oxygen atoms in total. The van der Waals surface area contributed by atoms with Crippen LogP contribution < -0.4 is 5.73 Å². The number of nitrogens with zero attached hydrogens (tertiary/aromatic N) is 1. The van der Waals surface area contributed by atoms with Crippen LogP contribution in [0.4, 0.5) is 13.2 Å². The highest BCUT2D eigenvalue weighted by Crippen LogP contribution is 2.33. The summed E-state index contributed by atoms with van der Waals surface area (Å²) in [6.45, 7) is 0.811. The van der Waals surface area contributed by atoms with Crippen LogP contribution in [-0.4, -0.2) is 30.7 Å². The molecular weight excluding hydrogens is 229 g/mol. The smallest absolute Gasteiger partial charge is 0.126 e. The Morgan fingerprint density at radius 3 is 2.41 bits per heavy atom. The van der Waals surface area contributed by atoms with Crippen LogP contribution in [0.5, 0.6) is 0 Å². The van der Waals surface area contributed by atoms with Crippen molar-refractivity contribution >= 4 is 0 Å². The van der Waals surface area contributed by atoms with E-state index in [0.717, 1.165) is 6.07 Å². The highest BCUT2D eigenvalue weighted by Gasteiger charge is 2.37. The minimum atomic E-state index is -0.607. The topological polar surface area (TPSA) is 29.3 Å². The van der Waals surface area contributed by atoms with Gasteiger partial charge in [-0.2, -0.15) is 0 Å². The Kier molecular flexibility index (Phi) is 3.69. The average Bonchev–Trinajstić information content (AvgIpc) is 2.22. The van der Waals surface area contributed by atoms with Crippen LogP contribution in [0.15, 0.2) is 18.2 Å². The largest absolute Gasteiger partial charge is 0.325 e. The first kappa shape index (κ1) is 12.4. The van der Waals surface area contributed by atoms with E-state index in [2.05, 4.69) is 0 Å². The lowest BCUT2D eigenvalue weighted by Gasteiger charge is -2.46. The fourth-order valence-corrected chi connectivity index (χ4v) is 2.31. The van der Waals surface area contributed by atoms with E-state index in [4.69, 9.17) is 5.73 Å². The zero-order chi connectivity index (χ0) is 12.4. The molecule has 2 atom stereocenters. The summed E-state index contributed by atoms with van der Waals surface area (Å²) in [4.78, 5) is 1.94. The van der Waals surface area contributed by atoms with Crippen LogP contribution in [0.3, 0.4) is 0 Å². The van der Waals surface area contributed by atoms with Gasteiger partial charge in [-0.25, -0.2) is 8.78 Å². The summed E-state index contributed by atoms with van der Waals surface area (Å²) in [5.74, 6) is -1.21. The molecule has 0 aliphatic carbocycles. The molecule has 2 N–H and O–H groups in total. The summed E-state index contributed by atoms with van der Waals surface area (Å²) in [6.07, 6.45) is 0.418. The molecule has 1 fully saturated rings. The van der Waals surface area contributed by atoms with Gasteiger partial charge in [0.2, 0.25) is 0 Å². The van der Waals surface area contributed by atoms with Crippen molar-refractivity contribution < 1.29 is 13.2 Å². The lowest BCUT2D eigenvalue weighted by Crippen LogP contribution is -2.58. The maximum atomic E-state index is 13.1. The Labute approximate surface area is 98.2 Å². The zero-order valence-electron chi connectivity index (χ0n) is 9.37. The fraction of sp³-hybridized carbons (Fsp3) is 0.500. The molecule has 1 aliphatic rings. The number of alkyl halides is 1. The summed E-state index contributed by atoms with van der Waals surface area (Å²) in [5, 5.41) is 0. The summed E-state index contributed by atoms with van der Waals surface area (Å²) < 4.78 is 38.3. The summed E-state index contributed by atoms with van der Waals surface area (Å²) in [6, 6.07) is 3.06. The molecule has 0 radical (unpaired) electrons. The van der Waals surface area contributed by atoms with E-state index < -0.39 is 18.3 Å². The lowest BCUT2D eigenvalue weighted by atomic mass is 9.90. The third kappa shape index (κ3) is 2.61. The van der Waals surface area contributed by atoms with E-state index in [1.54, 1.807) is 0 Å². The van der Waals surface area contributed by atoms with Gasteiger partial charge in [-0.15, -0.1) is 0 Å². The van der Waals surface area contributed by atoms with E-state index in [-0.39, 0.29) is 12.1 Å². The quantitative estimate of drug-likeness (QED) is 0.877.